The van der Waals surface area contributed by atoms with Gasteiger partial charge < -0.3 is 19.8 Å². The van der Waals surface area contributed by atoms with Gasteiger partial charge in [-0.25, -0.2) is 9.97 Å². The smallest absolute Gasteiger partial charge is 0.239 e. The van der Waals surface area contributed by atoms with Crippen LogP contribution in [0.15, 0.2) is 79.0 Å². The summed E-state index contributed by atoms with van der Waals surface area (Å²) < 4.78 is 1.95. The van der Waals surface area contributed by atoms with Crippen LogP contribution in [0.3, 0.4) is 0 Å². The van der Waals surface area contributed by atoms with E-state index < -0.39 is 0 Å². The van der Waals surface area contributed by atoms with Crippen molar-refractivity contribution in [1.29, 1.82) is 0 Å². The van der Waals surface area contributed by atoms with Crippen molar-refractivity contribution >= 4 is 22.6 Å². The molecule has 5 aromatic rings. The number of hydrogen-bond acceptors (Lipinski definition) is 5. The SMILES string of the molecule is Cc1nc(CN2CCN(c3cccc4[nH]c(-c5ccc(C(C)(C)C)cc5)nc34)CC2)cn1CC(=O)NCCc1ccccc1. The molecule has 8 nitrogen and oxygen atoms in total. The summed E-state index contributed by atoms with van der Waals surface area (Å²) in [5.74, 6) is 1.78. The number of aromatic amines is 1. The standard InChI is InChI=1S/C36H43N7O/c1-26-38-30(24-43(26)25-33(44)37-18-17-27-9-6-5-7-10-27)23-41-19-21-42(22-20-41)32-12-8-11-31-34(32)40-35(39-31)28-13-15-29(16-14-28)36(2,3)4/h5-16,24H,17-23,25H2,1-4H3,(H,37,44)(H,39,40). The van der Waals surface area contributed by atoms with Crippen LogP contribution in [-0.4, -0.2) is 63.0 Å². The van der Waals surface area contributed by atoms with Crippen molar-refractivity contribution in [3.05, 3.63) is 102 Å². The molecule has 0 spiro atoms. The molecular weight excluding hydrogens is 546 g/mol. The molecule has 1 fully saturated rings. The normalized spacial score (nSPS) is 14.3. The van der Waals surface area contributed by atoms with Crippen molar-refractivity contribution in [3.8, 4) is 11.4 Å². The molecule has 3 heterocycles. The summed E-state index contributed by atoms with van der Waals surface area (Å²) in [5, 5.41) is 3.04. The first-order chi connectivity index (χ1) is 21.2. The Kier molecular flexibility index (Phi) is 8.53. The van der Waals surface area contributed by atoms with E-state index in [1.807, 2.05) is 35.9 Å². The van der Waals surface area contributed by atoms with Crippen LogP contribution in [0.25, 0.3) is 22.4 Å². The third kappa shape index (κ3) is 6.86. The Labute approximate surface area is 260 Å². The molecule has 0 bridgehead atoms. The van der Waals surface area contributed by atoms with E-state index in [1.54, 1.807) is 0 Å². The minimum Gasteiger partial charge on any atom is -0.367 e. The maximum absolute atomic E-state index is 12.6. The predicted octanol–water partition coefficient (Wildman–Crippen LogP) is 5.71. The largest absolute Gasteiger partial charge is 0.367 e. The zero-order chi connectivity index (χ0) is 30.7. The maximum Gasteiger partial charge on any atom is 0.239 e. The van der Waals surface area contributed by atoms with Crippen LogP contribution in [0.5, 0.6) is 0 Å². The van der Waals surface area contributed by atoms with Gasteiger partial charge in [0, 0.05) is 51.0 Å². The topological polar surface area (TPSA) is 82.1 Å². The summed E-state index contributed by atoms with van der Waals surface area (Å²) in [5.41, 5.74) is 8.03. The Morgan fingerprint density at radius 2 is 1.66 bits per heavy atom. The van der Waals surface area contributed by atoms with Crippen molar-refractivity contribution in [3.63, 3.8) is 0 Å². The zero-order valence-corrected chi connectivity index (χ0v) is 26.3. The van der Waals surface area contributed by atoms with Crippen LogP contribution >= 0.6 is 0 Å². The minimum absolute atomic E-state index is 0.0132. The fraction of sp³-hybridized carbons (Fsp3) is 0.361. The molecule has 1 saturated heterocycles. The van der Waals surface area contributed by atoms with Crippen molar-refractivity contribution in [2.24, 2.45) is 0 Å². The number of aromatic nitrogens is 4. The molecule has 2 N–H and O–H groups in total. The van der Waals surface area contributed by atoms with Crippen LogP contribution in [0, 0.1) is 6.92 Å². The minimum atomic E-state index is 0.0132. The highest BCUT2D eigenvalue weighted by Gasteiger charge is 2.22. The summed E-state index contributed by atoms with van der Waals surface area (Å²) in [6.45, 7) is 14.1. The monoisotopic (exact) mass is 589 g/mol. The zero-order valence-electron chi connectivity index (χ0n) is 26.3. The summed E-state index contributed by atoms with van der Waals surface area (Å²) in [7, 11) is 0. The van der Waals surface area contributed by atoms with E-state index in [-0.39, 0.29) is 17.9 Å². The van der Waals surface area contributed by atoms with Crippen molar-refractivity contribution in [2.75, 3.05) is 37.6 Å². The number of H-pyrrole nitrogens is 1. The Bertz CT molecular complexity index is 1710. The number of rotatable bonds is 9. The van der Waals surface area contributed by atoms with Crippen LogP contribution in [0.2, 0.25) is 0 Å². The molecule has 2 aromatic heterocycles. The first-order valence-electron chi connectivity index (χ1n) is 15.6. The lowest BCUT2D eigenvalue weighted by atomic mass is 9.87. The number of carbonyl (C=O) groups excluding carboxylic acids is 1. The number of fused-ring (bicyclic) bond motifs is 1. The first-order valence-corrected chi connectivity index (χ1v) is 15.6. The van der Waals surface area contributed by atoms with Gasteiger partial charge in [-0.15, -0.1) is 0 Å². The van der Waals surface area contributed by atoms with Gasteiger partial charge in [0.15, 0.2) is 0 Å². The number of benzene rings is 3. The molecule has 1 aliphatic rings. The molecule has 1 amide bonds. The second-order valence-corrected chi connectivity index (χ2v) is 12.8. The number of para-hydroxylation sites is 1. The Morgan fingerprint density at radius 1 is 0.909 bits per heavy atom. The highest BCUT2D eigenvalue weighted by molar-refractivity contribution is 5.91. The highest BCUT2D eigenvalue weighted by Crippen LogP contribution is 2.30. The number of nitrogens with zero attached hydrogens (tertiary/aromatic N) is 5. The Morgan fingerprint density at radius 3 is 2.39 bits per heavy atom. The second-order valence-electron chi connectivity index (χ2n) is 12.8. The Hall–Kier alpha value is -4.43. The second kappa shape index (κ2) is 12.7. The van der Waals surface area contributed by atoms with E-state index in [0.717, 1.165) is 73.1 Å². The van der Waals surface area contributed by atoms with Crippen LogP contribution < -0.4 is 10.2 Å². The molecule has 44 heavy (non-hydrogen) atoms. The molecule has 0 unspecified atom stereocenters. The molecule has 0 saturated carbocycles. The third-order valence-corrected chi connectivity index (χ3v) is 8.53. The fourth-order valence-corrected chi connectivity index (χ4v) is 5.92. The Balaban J connectivity index is 1.04. The lowest BCUT2D eigenvalue weighted by Gasteiger charge is -2.35. The van der Waals surface area contributed by atoms with Gasteiger partial charge in [-0.2, -0.15) is 0 Å². The summed E-state index contributed by atoms with van der Waals surface area (Å²) in [4.78, 5) is 30.8. The van der Waals surface area contributed by atoms with Crippen molar-refractivity contribution in [1.82, 2.24) is 29.7 Å². The van der Waals surface area contributed by atoms with Gasteiger partial charge in [0.05, 0.1) is 16.9 Å². The molecule has 228 valence electrons. The number of imidazole rings is 2. The molecule has 8 heteroatoms. The summed E-state index contributed by atoms with van der Waals surface area (Å²) >= 11 is 0. The van der Waals surface area contributed by atoms with Crippen molar-refractivity contribution < 1.29 is 4.79 Å². The quantitative estimate of drug-likeness (QED) is 0.230. The first kappa shape index (κ1) is 29.6. The number of aryl methyl sites for hydroxylation is 1. The molecule has 3 aromatic carbocycles. The number of carbonyl (C=O) groups is 1. The average molecular weight is 590 g/mol. The highest BCUT2D eigenvalue weighted by atomic mass is 16.1. The number of amides is 1. The molecule has 1 aliphatic heterocycles. The van der Waals surface area contributed by atoms with Gasteiger partial charge in [0.25, 0.3) is 0 Å². The van der Waals surface area contributed by atoms with Crippen LogP contribution in [-0.2, 0) is 29.7 Å². The number of nitrogens with one attached hydrogen (secondary N) is 2. The van der Waals surface area contributed by atoms with Crippen LogP contribution in [0.4, 0.5) is 5.69 Å². The van der Waals surface area contributed by atoms with E-state index in [9.17, 15) is 4.79 Å². The number of piperazine rings is 1. The van der Waals surface area contributed by atoms with Gasteiger partial charge >= 0.3 is 0 Å². The van der Waals surface area contributed by atoms with Crippen molar-refractivity contribution in [2.45, 2.75) is 52.6 Å². The van der Waals surface area contributed by atoms with Gasteiger partial charge in [-0.1, -0.05) is 81.4 Å². The van der Waals surface area contributed by atoms with Crippen LogP contribution in [0.1, 0.15) is 43.4 Å². The number of anilines is 1. The van der Waals surface area contributed by atoms with E-state index in [1.165, 1.54) is 16.8 Å². The van der Waals surface area contributed by atoms with E-state index in [2.05, 4.69) is 95.5 Å². The van der Waals surface area contributed by atoms with E-state index >= 15 is 0 Å². The van der Waals surface area contributed by atoms with E-state index in [0.29, 0.717) is 6.54 Å². The predicted molar refractivity (Wildman–Crippen MR) is 178 cm³/mol. The fourth-order valence-electron chi connectivity index (χ4n) is 5.92. The lowest BCUT2D eigenvalue weighted by Crippen LogP contribution is -2.46. The lowest BCUT2D eigenvalue weighted by molar-refractivity contribution is -0.121. The van der Waals surface area contributed by atoms with Gasteiger partial charge in [-0.3, -0.25) is 9.69 Å². The van der Waals surface area contributed by atoms with E-state index in [4.69, 9.17) is 9.97 Å². The maximum atomic E-state index is 12.6. The number of hydrogen-bond donors (Lipinski definition) is 2. The van der Waals surface area contributed by atoms with Gasteiger partial charge in [-0.05, 0) is 42.0 Å². The molecule has 0 atom stereocenters. The molecular formula is C36H43N7O. The third-order valence-electron chi connectivity index (χ3n) is 8.53. The van der Waals surface area contributed by atoms with Gasteiger partial charge in [0.1, 0.15) is 23.7 Å². The molecule has 6 rings (SSSR count). The van der Waals surface area contributed by atoms with Gasteiger partial charge in [0.2, 0.25) is 5.91 Å². The summed E-state index contributed by atoms with van der Waals surface area (Å²) in [6, 6.07) is 25.4. The summed E-state index contributed by atoms with van der Waals surface area (Å²) in [6.07, 6.45) is 2.85. The molecule has 0 aliphatic carbocycles. The molecule has 0 radical (unpaired) electrons. The average Bonchev–Trinajstić information content (AvgIpc) is 3.60.